The van der Waals surface area contributed by atoms with Gasteiger partial charge in [-0.25, -0.2) is 4.79 Å². The van der Waals surface area contributed by atoms with Crippen LogP contribution in [0.4, 0.5) is 0 Å². The fraction of sp³-hybridized carbons (Fsp3) is 0.529. The Morgan fingerprint density at radius 1 is 1.27 bits per heavy atom. The molecule has 1 N–H and O–H groups in total. The van der Waals surface area contributed by atoms with Crippen molar-refractivity contribution < 1.29 is 14.7 Å². The zero-order valence-electron chi connectivity index (χ0n) is 13.1. The third-order valence-electron chi connectivity index (χ3n) is 3.28. The summed E-state index contributed by atoms with van der Waals surface area (Å²) in [5.74, 6) is -0.994. The van der Waals surface area contributed by atoms with Gasteiger partial charge in [-0.15, -0.1) is 0 Å². The molecule has 122 valence electrons. The van der Waals surface area contributed by atoms with Crippen molar-refractivity contribution >= 4 is 23.3 Å². The number of unbranched alkanes of at least 4 members (excludes halogenated alkanes) is 3. The monoisotopic (exact) mass is 325 g/mol. The molecule has 0 saturated heterocycles. The van der Waals surface area contributed by atoms with Crippen molar-refractivity contribution in [2.75, 3.05) is 6.61 Å². The van der Waals surface area contributed by atoms with E-state index in [4.69, 9.17) is 21.5 Å². The Kier molecular flexibility index (Phi) is 9.31. The molecule has 0 heterocycles. The number of carboxylic acid groups (broad SMARTS) is 1. The highest BCUT2D eigenvalue weighted by Crippen LogP contribution is 2.12. The number of hydrogen-bond donors (Lipinski definition) is 1. The molecular weight excluding hydrogens is 302 g/mol. The molecule has 22 heavy (non-hydrogen) atoms. The summed E-state index contributed by atoms with van der Waals surface area (Å²) in [6.07, 6.45) is 6.17. The molecule has 4 nitrogen and oxygen atoms in total. The first-order chi connectivity index (χ1) is 10.6. The topological polar surface area (TPSA) is 58.9 Å². The highest BCUT2D eigenvalue weighted by molar-refractivity contribution is 6.35. The lowest BCUT2D eigenvalue weighted by molar-refractivity contribution is -0.129. The zero-order valence-corrected chi connectivity index (χ0v) is 13.8. The summed E-state index contributed by atoms with van der Waals surface area (Å²) in [6, 6.07) is 7.67. The van der Waals surface area contributed by atoms with Crippen LogP contribution >= 0.6 is 11.6 Å². The van der Waals surface area contributed by atoms with E-state index >= 15 is 0 Å². The van der Waals surface area contributed by atoms with E-state index in [1.807, 2.05) is 24.3 Å². The average Bonchev–Trinajstić information content (AvgIpc) is 2.49. The van der Waals surface area contributed by atoms with Crippen molar-refractivity contribution in [1.82, 2.24) is 0 Å². The third-order valence-corrected chi connectivity index (χ3v) is 3.51. The lowest BCUT2D eigenvalue weighted by atomic mass is 10.1. The van der Waals surface area contributed by atoms with E-state index in [1.54, 1.807) is 0 Å². The van der Waals surface area contributed by atoms with Crippen LogP contribution in [0, 0.1) is 0 Å². The number of oxime groups is 1. The molecule has 0 saturated carbocycles. The predicted molar refractivity (Wildman–Crippen MR) is 89.6 cm³/mol. The van der Waals surface area contributed by atoms with E-state index < -0.39 is 5.97 Å². The van der Waals surface area contributed by atoms with Crippen LogP contribution in [-0.2, 0) is 16.1 Å². The molecule has 0 aliphatic rings. The molecular formula is C17H24ClNO3. The number of benzene rings is 1. The normalized spacial score (nSPS) is 11.5. The molecule has 5 heteroatoms. The Morgan fingerprint density at radius 2 is 2.09 bits per heavy atom. The van der Waals surface area contributed by atoms with Crippen LogP contribution < -0.4 is 0 Å². The largest absolute Gasteiger partial charge is 0.477 e. The zero-order chi connectivity index (χ0) is 16.2. The molecule has 0 fully saturated rings. The summed E-state index contributed by atoms with van der Waals surface area (Å²) >= 11 is 5.91. The van der Waals surface area contributed by atoms with Crippen molar-refractivity contribution in [3.8, 4) is 0 Å². The van der Waals surface area contributed by atoms with Crippen LogP contribution in [0.2, 0.25) is 5.02 Å². The van der Waals surface area contributed by atoms with Gasteiger partial charge in [0.1, 0.15) is 6.61 Å². The minimum atomic E-state index is -0.994. The van der Waals surface area contributed by atoms with Gasteiger partial charge in [-0.3, -0.25) is 0 Å². The lowest BCUT2D eigenvalue weighted by Gasteiger charge is -2.04. The number of carboxylic acids is 1. The number of rotatable bonds is 11. The van der Waals surface area contributed by atoms with Crippen molar-refractivity contribution in [2.24, 2.45) is 5.16 Å². The number of aliphatic carboxylic acids is 1. The number of aryl methyl sites for hydroxylation is 1. The van der Waals surface area contributed by atoms with Crippen LogP contribution in [0.3, 0.4) is 0 Å². The van der Waals surface area contributed by atoms with Crippen LogP contribution in [0.25, 0.3) is 0 Å². The van der Waals surface area contributed by atoms with E-state index in [0.29, 0.717) is 13.0 Å². The van der Waals surface area contributed by atoms with E-state index in [9.17, 15) is 4.79 Å². The van der Waals surface area contributed by atoms with Crippen LogP contribution in [0.1, 0.15) is 51.0 Å². The molecule has 1 aromatic rings. The van der Waals surface area contributed by atoms with Gasteiger partial charge < -0.3 is 9.94 Å². The minimum Gasteiger partial charge on any atom is -0.477 e. The summed E-state index contributed by atoms with van der Waals surface area (Å²) in [6.45, 7) is 2.52. The number of nitrogens with zero attached hydrogens (tertiary/aromatic N) is 1. The summed E-state index contributed by atoms with van der Waals surface area (Å²) in [5.41, 5.74) is 1.25. The molecule has 0 aliphatic heterocycles. The maximum atomic E-state index is 11.1. The van der Waals surface area contributed by atoms with Gasteiger partial charge in [-0.05, 0) is 37.0 Å². The van der Waals surface area contributed by atoms with Crippen molar-refractivity contribution in [2.45, 2.75) is 51.9 Å². The van der Waals surface area contributed by atoms with Crippen molar-refractivity contribution in [3.63, 3.8) is 0 Å². The molecule has 1 rings (SSSR count). The van der Waals surface area contributed by atoms with Crippen LogP contribution in [0.15, 0.2) is 29.4 Å². The van der Waals surface area contributed by atoms with Gasteiger partial charge >= 0.3 is 5.97 Å². The van der Waals surface area contributed by atoms with Crippen molar-refractivity contribution in [1.29, 1.82) is 0 Å². The third kappa shape index (κ3) is 8.03. The first kappa shape index (κ1) is 18.5. The maximum absolute atomic E-state index is 11.1. The van der Waals surface area contributed by atoms with Gasteiger partial charge in [0.05, 0.1) is 0 Å². The van der Waals surface area contributed by atoms with E-state index in [2.05, 4.69) is 12.1 Å². The van der Waals surface area contributed by atoms with Gasteiger partial charge in [0.25, 0.3) is 0 Å². The highest BCUT2D eigenvalue weighted by Gasteiger charge is 2.09. The Hall–Kier alpha value is -1.55. The quantitative estimate of drug-likeness (QED) is 0.364. The Labute approximate surface area is 137 Å². The van der Waals surface area contributed by atoms with Gasteiger partial charge in [0, 0.05) is 11.4 Å². The van der Waals surface area contributed by atoms with E-state index in [1.165, 1.54) is 0 Å². The van der Waals surface area contributed by atoms with Gasteiger partial charge in [0.15, 0.2) is 5.71 Å². The van der Waals surface area contributed by atoms with E-state index in [-0.39, 0.29) is 5.71 Å². The first-order valence-corrected chi connectivity index (χ1v) is 8.18. The van der Waals surface area contributed by atoms with Crippen molar-refractivity contribution in [3.05, 3.63) is 34.9 Å². The molecule has 0 radical (unpaired) electrons. The second-order valence-electron chi connectivity index (χ2n) is 5.22. The summed E-state index contributed by atoms with van der Waals surface area (Å²) in [7, 11) is 0. The minimum absolute atomic E-state index is 0.110. The highest BCUT2D eigenvalue weighted by atomic mass is 35.5. The fourth-order valence-corrected chi connectivity index (χ4v) is 2.28. The van der Waals surface area contributed by atoms with Crippen LogP contribution in [-0.4, -0.2) is 23.4 Å². The fourth-order valence-electron chi connectivity index (χ4n) is 2.07. The smallest absolute Gasteiger partial charge is 0.353 e. The molecule has 1 aromatic carbocycles. The second kappa shape index (κ2) is 11.1. The lowest BCUT2D eigenvalue weighted by Crippen LogP contribution is -2.13. The Morgan fingerprint density at radius 3 is 2.77 bits per heavy atom. The standard InChI is InChI=1S/C17H24ClNO3/c1-2-3-4-5-11-16(17(20)21)19-22-12-7-9-14-8-6-10-15(18)13-14/h6,8,10,13H,2-5,7,9,11-12H2,1H3,(H,20,21)/b19-16+. The summed E-state index contributed by atoms with van der Waals surface area (Å²) < 4.78 is 0. The average molecular weight is 326 g/mol. The second-order valence-corrected chi connectivity index (χ2v) is 5.66. The van der Waals surface area contributed by atoms with Gasteiger partial charge in [0.2, 0.25) is 0 Å². The molecule has 0 spiro atoms. The maximum Gasteiger partial charge on any atom is 0.353 e. The number of halogens is 1. The van der Waals surface area contributed by atoms with Gasteiger partial charge in [-0.2, -0.15) is 0 Å². The molecule has 0 aromatic heterocycles. The first-order valence-electron chi connectivity index (χ1n) is 7.80. The van der Waals surface area contributed by atoms with Gasteiger partial charge in [-0.1, -0.05) is 55.1 Å². The molecule has 0 bridgehead atoms. The molecule has 0 amide bonds. The molecule has 0 unspecified atom stereocenters. The predicted octanol–water partition coefficient (Wildman–Crippen LogP) is 4.70. The van der Waals surface area contributed by atoms with E-state index in [0.717, 1.165) is 49.1 Å². The molecule has 0 atom stereocenters. The summed E-state index contributed by atoms with van der Waals surface area (Å²) in [4.78, 5) is 16.2. The Bertz CT molecular complexity index is 489. The SMILES string of the molecule is CCCCCC/C(=N\OCCCc1cccc(Cl)c1)C(=O)O. The van der Waals surface area contributed by atoms with Crippen LogP contribution in [0.5, 0.6) is 0 Å². The Balaban J connectivity index is 2.27. The number of carbonyl (C=O) groups is 1. The summed E-state index contributed by atoms with van der Waals surface area (Å²) in [5, 5.41) is 13.5. The number of hydrogen-bond acceptors (Lipinski definition) is 3. The molecule has 0 aliphatic carbocycles.